The van der Waals surface area contributed by atoms with Gasteiger partial charge in [-0.1, -0.05) is 54.4 Å². The molecule has 5 rings (SSSR count). The first-order chi connectivity index (χ1) is 20.5. The van der Waals surface area contributed by atoms with Crippen LogP contribution in [0.1, 0.15) is 36.8 Å². The Hall–Kier alpha value is -4.14. The highest BCUT2D eigenvalue weighted by Gasteiger charge is 2.26. The van der Waals surface area contributed by atoms with Gasteiger partial charge in [-0.2, -0.15) is 4.98 Å². The lowest BCUT2D eigenvalue weighted by Crippen LogP contribution is -2.31. The maximum absolute atomic E-state index is 13.7. The van der Waals surface area contributed by atoms with Crippen LogP contribution in [0, 0.1) is 13.8 Å². The maximum Gasteiger partial charge on any atom is 0.425 e. The number of para-hydroxylation sites is 2. The summed E-state index contributed by atoms with van der Waals surface area (Å²) in [6, 6.07) is 22.2. The molecule has 0 radical (unpaired) electrons. The first-order valence-electron chi connectivity index (χ1n) is 14.4. The van der Waals surface area contributed by atoms with Gasteiger partial charge in [-0.05, 0) is 81.6 Å². The van der Waals surface area contributed by atoms with Gasteiger partial charge in [0, 0.05) is 30.6 Å². The molecule has 0 aliphatic carbocycles. The molecule has 1 aromatic heterocycles. The number of piperidine rings is 1. The first-order valence-corrected chi connectivity index (χ1v) is 14.7. The lowest BCUT2D eigenvalue weighted by Gasteiger charge is -2.26. The monoisotopic (exact) mass is 585 g/mol. The van der Waals surface area contributed by atoms with Crippen molar-refractivity contribution in [2.24, 2.45) is 0 Å². The third kappa shape index (κ3) is 7.57. The van der Waals surface area contributed by atoms with Gasteiger partial charge in [0.15, 0.2) is 0 Å². The number of aromatic nitrogens is 2. The van der Waals surface area contributed by atoms with Crippen molar-refractivity contribution in [3.63, 3.8) is 0 Å². The lowest BCUT2D eigenvalue weighted by atomic mass is 10.1. The van der Waals surface area contributed by atoms with E-state index in [4.69, 9.17) is 21.1 Å². The largest absolute Gasteiger partial charge is 0.493 e. The molecule has 4 aromatic rings. The minimum Gasteiger partial charge on any atom is -0.493 e. The van der Waals surface area contributed by atoms with Crippen molar-refractivity contribution in [3.8, 4) is 11.6 Å². The van der Waals surface area contributed by atoms with Gasteiger partial charge in [-0.25, -0.2) is 14.7 Å². The van der Waals surface area contributed by atoms with E-state index in [1.54, 1.807) is 18.2 Å². The number of ether oxygens (including phenoxy) is 2. The smallest absolute Gasteiger partial charge is 0.425 e. The second-order valence-corrected chi connectivity index (χ2v) is 10.8. The summed E-state index contributed by atoms with van der Waals surface area (Å²) in [5, 5.41) is 3.61. The van der Waals surface area contributed by atoms with Crippen LogP contribution in [0.15, 0.2) is 79.0 Å². The van der Waals surface area contributed by atoms with Gasteiger partial charge in [0.2, 0.25) is 11.8 Å². The Bertz CT molecular complexity index is 1490. The molecular formula is C33H36ClN5O3. The molecule has 0 saturated carbocycles. The normalized spacial score (nSPS) is 13.4. The second-order valence-electron chi connectivity index (χ2n) is 10.4. The standard InChI is InChI=1S/C33H36ClN5O3/c1-24-11-8-12-25(2)31(24)39(29-16-5-4-15-28(29)34)33(40)42-30-17-18-35-32(37-30)36-26-13-9-14-27(23-26)41-22-10-21-38-19-6-3-7-20-38/h4-5,8-9,11-18,23H,3,6-7,10,19-22H2,1-2H3,(H,35,36,37). The van der Waals surface area contributed by atoms with E-state index in [1.165, 1.54) is 43.4 Å². The summed E-state index contributed by atoms with van der Waals surface area (Å²) in [7, 11) is 0. The fourth-order valence-electron chi connectivity index (χ4n) is 5.15. The summed E-state index contributed by atoms with van der Waals surface area (Å²) in [5.74, 6) is 1.16. The van der Waals surface area contributed by atoms with Gasteiger partial charge in [0.25, 0.3) is 0 Å². The summed E-state index contributed by atoms with van der Waals surface area (Å²) < 4.78 is 11.8. The molecule has 0 atom stereocenters. The third-order valence-corrected chi connectivity index (χ3v) is 7.51. The molecule has 218 valence electrons. The Morgan fingerprint density at radius 3 is 2.52 bits per heavy atom. The van der Waals surface area contributed by atoms with Crippen LogP contribution in [0.2, 0.25) is 5.02 Å². The fraction of sp³-hybridized carbons (Fsp3) is 0.303. The van der Waals surface area contributed by atoms with Crippen molar-refractivity contribution in [2.75, 3.05) is 36.5 Å². The number of amides is 1. The SMILES string of the molecule is Cc1cccc(C)c1N(C(=O)Oc1ccnc(Nc2cccc(OCCCN3CCCCC3)c2)n1)c1ccccc1Cl. The van der Waals surface area contributed by atoms with Crippen LogP contribution < -0.4 is 19.7 Å². The quantitative estimate of drug-likeness (QED) is 0.188. The molecule has 42 heavy (non-hydrogen) atoms. The number of carbonyl (C=O) groups excluding carboxylic acids is 1. The van der Waals surface area contributed by atoms with E-state index < -0.39 is 6.09 Å². The van der Waals surface area contributed by atoms with E-state index in [2.05, 4.69) is 20.2 Å². The number of anilines is 4. The fourth-order valence-corrected chi connectivity index (χ4v) is 5.37. The predicted octanol–water partition coefficient (Wildman–Crippen LogP) is 8.08. The number of likely N-dealkylation sites (tertiary alicyclic amines) is 1. The molecule has 1 aliphatic rings. The van der Waals surface area contributed by atoms with E-state index in [-0.39, 0.29) is 5.88 Å². The average Bonchev–Trinajstić information content (AvgIpc) is 2.99. The predicted molar refractivity (Wildman–Crippen MR) is 168 cm³/mol. The Labute approximate surface area is 252 Å². The highest BCUT2D eigenvalue weighted by atomic mass is 35.5. The minimum absolute atomic E-state index is 0.103. The topological polar surface area (TPSA) is 79.8 Å². The summed E-state index contributed by atoms with van der Waals surface area (Å²) in [6.45, 7) is 7.99. The van der Waals surface area contributed by atoms with Gasteiger partial charge in [0.05, 0.1) is 23.0 Å². The number of halogens is 1. The summed E-state index contributed by atoms with van der Waals surface area (Å²) in [4.78, 5) is 26.4. The molecule has 1 aliphatic heterocycles. The van der Waals surface area contributed by atoms with Crippen LogP contribution >= 0.6 is 11.6 Å². The van der Waals surface area contributed by atoms with Crippen LogP contribution in [0.5, 0.6) is 11.6 Å². The van der Waals surface area contributed by atoms with Crippen LogP contribution in [-0.4, -0.2) is 47.2 Å². The number of hydrogen-bond donors (Lipinski definition) is 1. The van der Waals surface area contributed by atoms with Gasteiger partial charge in [-0.3, -0.25) is 0 Å². The lowest BCUT2D eigenvalue weighted by molar-refractivity contribution is 0.205. The van der Waals surface area contributed by atoms with E-state index in [0.717, 1.165) is 35.5 Å². The van der Waals surface area contributed by atoms with Gasteiger partial charge in [0.1, 0.15) is 5.75 Å². The van der Waals surface area contributed by atoms with Crippen molar-refractivity contribution in [1.29, 1.82) is 0 Å². The second kappa shape index (κ2) is 14.2. The molecule has 3 aromatic carbocycles. The molecule has 1 fully saturated rings. The molecule has 1 saturated heterocycles. The number of aryl methyl sites for hydroxylation is 2. The number of carbonyl (C=O) groups is 1. The highest BCUT2D eigenvalue weighted by molar-refractivity contribution is 6.34. The van der Waals surface area contributed by atoms with Crippen molar-refractivity contribution in [1.82, 2.24) is 14.9 Å². The summed E-state index contributed by atoms with van der Waals surface area (Å²) in [5.41, 5.74) is 3.80. The first kappa shape index (κ1) is 29.4. The van der Waals surface area contributed by atoms with Crippen molar-refractivity contribution in [3.05, 3.63) is 95.1 Å². The summed E-state index contributed by atoms with van der Waals surface area (Å²) in [6.07, 6.45) is 5.83. The number of rotatable bonds is 10. The molecule has 1 N–H and O–H groups in total. The zero-order valence-electron chi connectivity index (χ0n) is 24.1. The number of nitrogens with one attached hydrogen (secondary N) is 1. The van der Waals surface area contributed by atoms with Crippen LogP contribution in [0.3, 0.4) is 0 Å². The molecule has 0 spiro atoms. The molecule has 0 unspecified atom stereocenters. The molecule has 1 amide bonds. The van der Waals surface area contributed by atoms with E-state index in [1.807, 2.05) is 68.4 Å². The van der Waals surface area contributed by atoms with Crippen molar-refractivity contribution < 1.29 is 14.3 Å². The van der Waals surface area contributed by atoms with Crippen molar-refractivity contribution >= 4 is 40.7 Å². The van der Waals surface area contributed by atoms with Gasteiger partial charge >= 0.3 is 6.09 Å². The Balaban J connectivity index is 1.26. The molecule has 8 nitrogen and oxygen atoms in total. The zero-order valence-corrected chi connectivity index (χ0v) is 24.8. The van der Waals surface area contributed by atoms with Crippen LogP contribution in [0.25, 0.3) is 0 Å². The third-order valence-electron chi connectivity index (χ3n) is 7.19. The minimum atomic E-state index is -0.634. The number of nitrogens with zero attached hydrogens (tertiary/aromatic N) is 4. The average molecular weight is 586 g/mol. The van der Waals surface area contributed by atoms with Crippen LogP contribution in [0.4, 0.5) is 27.8 Å². The van der Waals surface area contributed by atoms with E-state index >= 15 is 0 Å². The van der Waals surface area contributed by atoms with Crippen LogP contribution in [-0.2, 0) is 0 Å². The Morgan fingerprint density at radius 2 is 1.74 bits per heavy atom. The molecular weight excluding hydrogens is 550 g/mol. The van der Waals surface area contributed by atoms with E-state index in [9.17, 15) is 4.79 Å². The molecule has 0 bridgehead atoms. The summed E-state index contributed by atoms with van der Waals surface area (Å²) >= 11 is 6.53. The Kier molecular flexibility index (Phi) is 9.90. The zero-order chi connectivity index (χ0) is 29.3. The van der Waals surface area contributed by atoms with Gasteiger partial charge < -0.3 is 19.7 Å². The number of benzene rings is 3. The molecule has 9 heteroatoms. The maximum atomic E-state index is 13.7. The van der Waals surface area contributed by atoms with Gasteiger partial charge in [-0.15, -0.1) is 0 Å². The van der Waals surface area contributed by atoms with Crippen molar-refractivity contribution in [2.45, 2.75) is 39.5 Å². The Morgan fingerprint density at radius 1 is 0.976 bits per heavy atom. The molecule has 2 heterocycles. The van der Waals surface area contributed by atoms with E-state index in [0.29, 0.717) is 29.0 Å². The number of hydrogen-bond acceptors (Lipinski definition) is 7. The highest BCUT2D eigenvalue weighted by Crippen LogP contribution is 2.36.